The Kier molecular flexibility index (Phi) is 5.28. The average Bonchev–Trinajstić information content (AvgIpc) is 2.60. The first-order valence-electron chi connectivity index (χ1n) is 7.28. The van der Waals surface area contributed by atoms with Gasteiger partial charge in [0.15, 0.2) is 0 Å². The molecule has 1 N–H and O–H groups in total. The second-order valence-corrected chi connectivity index (χ2v) is 5.07. The van der Waals surface area contributed by atoms with E-state index in [2.05, 4.69) is 5.32 Å². The molecule has 2 aromatic carbocycles. The summed E-state index contributed by atoms with van der Waals surface area (Å²) in [5.41, 5.74) is 0.107. The van der Waals surface area contributed by atoms with Gasteiger partial charge in [-0.25, -0.2) is 0 Å². The molecule has 0 saturated carbocycles. The van der Waals surface area contributed by atoms with Gasteiger partial charge in [0.25, 0.3) is 11.7 Å². The number of ether oxygens (including phenoxy) is 1. The third kappa shape index (κ3) is 3.89. The third-order valence-corrected chi connectivity index (χ3v) is 3.53. The minimum absolute atomic E-state index is 0.0660. The molecular formula is C16H15N3O6. The van der Waals surface area contributed by atoms with Crippen molar-refractivity contribution in [1.82, 2.24) is 0 Å². The van der Waals surface area contributed by atoms with E-state index >= 15 is 0 Å². The summed E-state index contributed by atoms with van der Waals surface area (Å²) in [6, 6.07) is 8.83. The van der Waals surface area contributed by atoms with E-state index in [0.29, 0.717) is 5.56 Å². The second-order valence-electron chi connectivity index (χ2n) is 5.07. The van der Waals surface area contributed by atoms with Crippen LogP contribution in [0.15, 0.2) is 36.4 Å². The summed E-state index contributed by atoms with van der Waals surface area (Å²) in [6.07, 6.45) is 0.818. The molecule has 0 aliphatic heterocycles. The number of benzene rings is 2. The minimum Gasteiger partial charge on any atom is -0.485 e. The van der Waals surface area contributed by atoms with Gasteiger partial charge in [-0.3, -0.25) is 25.0 Å². The molecule has 25 heavy (non-hydrogen) atoms. The van der Waals surface area contributed by atoms with Crippen molar-refractivity contribution in [3.05, 3.63) is 67.8 Å². The third-order valence-electron chi connectivity index (χ3n) is 3.53. The molecule has 0 spiro atoms. The van der Waals surface area contributed by atoms with Gasteiger partial charge in [0.1, 0.15) is 0 Å². The molecule has 0 unspecified atom stereocenters. The van der Waals surface area contributed by atoms with Crippen molar-refractivity contribution in [2.75, 3.05) is 12.4 Å². The number of nitrogens with zero attached hydrogens (tertiary/aromatic N) is 2. The van der Waals surface area contributed by atoms with Crippen LogP contribution in [0, 0.1) is 20.2 Å². The zero-order chi connectivity index (χ0) is 18.6. The molecule has 0 aromatic heterocycles. The summed E-state index contributed by atoms with van der Waals surface area (Å²) in [7, 11) is 1.10. The Morgan fingerprint density at radius 1 is 1.08 bits per heavy atom. The summed E-state index contributed by atoms with van der Waals surface area (Å²) < 4.78 is 4.77. The van der Waals surface area contributed by atoms with E-state index in [1.54, 1.807) is 24.3 Å². The zero-order valence-electron chi connectivity index (χ0n) is 13.5. The van der Waals surface area contributed by atoms with Crippen LogP contribution in [0.3, 0.4) is 0 Å². The van der Waals surface area contributed by atoms with E-state index in [4.69, 9.17) is 4.74 Å². The first kappa shape index (κ1) is 17.9. The molecule has 0 radical (unpaired) electrons. The molecule has 0 atom stereocenters. The summed E-state index contributed by atoms with van der Waals surface area (Å²) in [5.74, 6) is -1.00. The highest BCUT2D eigenvalue weighted by Gasteiger charge is 2.28. The topological polar surface area (TPSA) is 125 Å². The van der Waals surface area contributed by atoms with Crippen molar-refractivity contribution in [3.63, 3.8) is 0 Å². The SMILES string of the molecule is CCc1ccc(C(=O)Nc2cc([N+](=O)[O-])c(OC)c([N+](=O)[O-])c2)cc1. The smallest absolute Gasteiger partial charge is 0.320 e. The summed E-state index contributed by atoms with van der Waals surface area (Å²) in [6.45, 7) is 1.98. The van der Waals surface area contributed by atoms with Crippen LogP contribution in [-0.4, -0.2) is 22.9 Å². The van der Waals surface area contributed by atoms with Gasteiger partial charge in [0.05, 0.1) is 22.6 Å². The van der Waals surface area contributed by atoms with E-state index in [0.717, 1.165) is 31.2 Å². The lowest BCUT2D eigenvalue weighted by atomic mass is 10.1. The number of nitrogens with one attached hydrogen (secondary N) is 1. The van der Waals surface area contributed by atoms with Gasteiger partial charge >= 0.3 is 11.4 Å². The highest BCUT2D eigenvalue weighted by molar-refractivity contribution is 6.04. The van der Waals surface area contributed by atoms with Crippen molar-refractivity contribution in [3.8, 4) is 5.75 Å². The van der Waals surface area contributed by atoms with E-state index in [9.17, 15) is 25.0 Å². The summed E-state index contributed by atoms with van der Waals surface area (Å²) in [5, 5.41) is 24.7. The first-order valence-corrected chi connectivity index (χ1v) is 7.28. The molecule has 0 fully saturated rings. The number of carbonyl (C=O) groups is 1. The van der Waals surface area contributed by atoms with Crippen LogP contribution in [0.2, 0.25) is 0 Å². The number of hydrogen-bond acceptors (Lipinski definition) is 6. The Balaban J connectivity index is 2.39. The number of aryl methyl sites for hydroxylation is 1. The number of nitro benzene ring substituents is 2. The van der Waals surface area contributed by atoms with Gasteiger partial charge in [-0.1, -0.05) is 19.1 Å². The van der Waals surface area contributed by atoms with Gasteiger partial charge in [-0.15, -0.1) is 0 Å². The standard InChI is InChI=1S/C16H15N3O6/c1-3-10-4-6-11(7-5-10)16(20)17-12-8-13(18(21)22)15(25-2)14(9-12)19(23)24/h4-9H,3H2,1-2H3,(H,17,20). The van der Waals surface area contributed by atoms with E-state index in [1.807, 2.05) is 6.92 Å². The van der Waals surface area contributed by atoms with Crippen LogP contribution in [0.25, 0.3) is 0 Å². The number of methoxy groups -OCH3 is 1. The fraction of sp³-hybridized carbons (Fsp3) is 0.188. The molecule has 0 saturated heterocycles. The monoisotopic (exact) mass is 345 g/mol. The highest BCUT2D eigenvalue weighted by atomic mass is 16.6. The zero-order valence-corrected chi connectivity index (χ0v) is 13.5. The van der Waals surface area contributed by atoms with E-state index in [-0.39, 0.29) is 5.69 Å². The van der Waals surface area contributed by atoms with Crippen molar-refractivity contribution < 1.29 is 19.4 Å². The van der Waals surface area contributed by atoms with Gasteiger partial charge < -0.3 is 10.1 Å². The van der Waals surface area contributed by atoms with Gasteiger partial charge in [0.2, 0.25) is 0 Å². The predicted molar refractivity (Wildman–Crippen MR) is 90.1 cm³/mol. The fourth-order valence-corrected chi connectivity index (χ4v) is 2.25. The van der Waals surface area contributed by atoms with Crippen LogP contribution in [0.1, 0.15) is 22.8 Å². The predicted octanol–water partition coefficient (Wildman–Crippen LogP) is 3.33. The number of anilines is 1. The molecule has 130 valence electrons. The van der Waals surface area contributed by atoms with Crippen LogP contribution < -0.4 is 10.1 Å². The molecule has 2 aromatic rings. The van der Waals surface area contributed by atoms with Crippen LogP contribution in [0.4, 0.5) is 17.1 Å². The maximum absolute atomic E-state index is 12.2. The molecule has 0 aliphatic carbocycles. The number of hydrogen-bond donors (Lipinski definition) is 1. The lowest BCUT2D eigenvalue weighted by Crippen LogP contribution is -2.12. The average molecular weight is 345 g/mol. The maximum Gasteiger partial charge on any atom is 0.320 e. The van der Waals surface area contributed by atoms with E-state index < -0.39 is 32.9 Å². The summed E-state index contributed by atoms with van der Waals surface area (Å²) in [4.78, 5) is 32.9. The largest absolute Gasteiger partial charge is 0.485 e. The van der Waals surface area contributed by atoms with Crippen molar-refractivity contribution in [2.45, 2.75) is 13.3 Å². The van der Waals surface area contributed by atoms with Crippen LogP contribution in [-0.2, 0) is 6.42 Å². The molecule has 9 heteroatoms. The van der Waals surface area contributed by atoms with Gasteiger partial charge in [-0.2, -0.15) is 0 Å². The van der Waals surface area contributed by atoms with Gasteiger partial charge in [-0.05, 0) is 24.1 Å². The Morgan fingerprint density at radius 2 is 1.60 bits per heavy atom. The Bertz CT molecular complexity index is 797. The Labute approximate surface area is 142 Å². The highest BCUT2D eigenvalue weighted by Crippen LogP contribution is 2.39. The number of rotatable bonds is 6. The molecule has 1 amide bonds. The second kappa shape index (κ2) is 7.39. The molecule has 9 nitrogen and oxygen atoms in total. The van der Waals surface area contributed by atoms with Crippen molar-refractivity contribution >= 4 is 23.0 Å². The number of carbonyl (C=O) groups excluding carboxylic acids is 1. The quantitative estimate of drug-likeness (QED) is 0.632. The lowest BCUT2D eigenvalue weighted by Gasteiger charge is -2.08. The molecule has 0 heterocycles. The van der Waals surface area contributed by atoms with Crippen molar-refractivity contribution in [1.29, 1.82) is 0 Å². The lowest BCUT2D eigenvalue weighted by molar-refractivity contribution is -0.395. The number of nitro groups is 2. The normalized spacial score (nSPS) is 10.2. The first-order chi connectivity index (χ1) is 11.9. The molecule has 0 aliphatic rings. The van der Waals surface area contributed by atoms with E-state index in [1.165, 1.54) is 0 Å². The fourth-order valence-electron chi connectivity index (χ4n) is 2.25. The summed E-state index contributed by atoms with van der Waals surface area (Å²) >= 11 is 0. The Hall–Kier alpha value is -3.49. The Morgan fingerprint density at radius 3 is 2.00 bits per heavy atom. The van der Waals surface area contributed by atoms with Crippen LogP contribution in [0.5, 0.6) is 5.75 Å². The van der Waals surface area contributed by atoms with Gasteiger partial charge in [0, 0.05) is 17.7 Å². The van der Waals surface area contributed by atoms with Crippen LogP contribution >= 0.6 is 0 Å². The minimum atomic E-state index is -0.808. The number of amides is 1. The molecule has 2 rings (SSSR count). The molecule has 0 bridgehead atoms. The maximum atomic E-state index is 12.2. The molecular weight excluding hydrogens is 330 g/mol. The van der Waals surface area contributed by atoms with Crippen molar-refractivity contribution in [2.24, 2.45) is 0 Å².